The highest BCUT2D eigenvalue weighted by molar-refractivity contribution is 8.16. The number of piperazine rings is 1. The summed E-state index contributed by atoms with van der Waals surface area (Å²) in [5, 5.41) is 9.80. The highest BCUT2D eigenvalue weighted by Crippen LogP contribution is 2.63. The zero-order valence-electron chi connectivity index (χ0n) is 23.6. The van der Waals surface area contributed by atoms with Crippen molar-refractivity contribution < 1.29 is 28.7 Å². The maximum absolute atomic E-state index is 14.9. The fraction of sp³-hybridized carbons (Fsp3) is 0.281. The fourth-order valence-corrected chi connectivity index (χ4v) is 8.46. The van der Waals surface area contributed by atoms with Gasteiger partial charge in [-0.05, 0) is 55.1 Å². The van der Waals surface area contributed by atoms with Gasteiger partial charge in [0.15, 0.2) is 21.2 Å². The van der Waals surface area contributed by atoms with Gasteiger partial charge in [-0.25, -0.2) is 0 Å². The Morgan fingerprint density at radius 1 is 0.860 bits per heavy atom. The van der Waals surface area contributed by atoms with E-state index in [-0.39, 0.29) is 13.2 Å². The number of carbonyl (C=O) groups excluding carboxylic acids is 4. The lowest BCUT2D eigenvalue weighted by atomic mass is 9.79. The summed E-state index contributed by atoms with van der Waals surface area (Å²) in [6.07, 6.45) is -0.110. The third kappa shape index (κ3) is 4.48. The van der Waals surface area contributed by atoms with Crippen LogP contribution < -0.4 is 9.47 Å². The first-order chi connectivity index (χ1) is 20.5. The van der Waals surface area contributed by atoms with Crippen LogP contribution >= 0.6 is 23.5 Å². The zero-order valence-corrected chi connectivity index (χ0v) is 25.2. The lowest BCUT2D eigenvalue weighted by Gasteiger charge is -2.52. The van der Waals surface area contributed by atoms with Crippen LogP contribution in [0.15, 0.2) is 78.9 Å². The molecule has 4 atom stereocenters. The predicted molar refractivity (Wildman–Crippen MR) is 161 cm³/mol. The lowest BCUT2D eigenvalue weighted by Crippen LogP contribution is -2.71. The average Bonchev–Trinajstić information content (AvgIpc) is 3.60. The molecule has 0 aliphatic carbocycles. The molecule has 3 aromatic carbocycles. The number of ether oxygens (including phenoxy) is 2. The van der Waals surface area contributed by atoms with E-state index < -0.39 is 43.2 Å². The van der Waals surface area contributed by atoms with Crippen molar-refractivity contribution >= 4 is 45.6 Å². The maximum atomic E-state index is 14.9. The second kappa shape index (κ2) is 10.5. The van der Waals surface area contributed by atoms with Crippen molar-refractivity contribution in [2.75, 3.05) is 13.8 Å². The molecule has 0 aromatic heterocycles. The quantitative estimate of drug-likeness (QED) is 0.380. The van der Waals surface area contributed by atoms with E-state index in [4.69, 9.17) is 9.47 Å². The van der Waals surface area contributed by atoms with Gasteiger partial charge in [0.2, 0.25) is 17.0 Å². The van der Waals surface area contributed by atoms with Crippen molar-refractivity contribution in [1.82, 2.24) is 9.80 Å². The summed E-state index contributed by atoms with van der Waals surface area (Å²) in [6, 6.07) is 23.6. The van der Waals surface area contributed by atoms with Crippen LogP contribution in [0.3, 0.4) is 0 Å². The van der Waals surface area contributed by atoms with Gasteiger partial charge in [0, 0.05) is 24.6 Å². The predicted octanol–water partition coefficient (Wildman–Crippen LogP) is 5.25. The van der Waals surface area contributed by atoms with Crippen molar-refractivity contribution in [3.05, 3.63) is 95.6 Å². The molecule has 11 heteroatoms. The Balaban J connectivity index is 1.51. The van der Waals surface area contributed by atoms with Gasteiger partial charge in [0.05, 0.1) is 17.5 Å². The van der Waals surface area contributed by atoms with E-state index in [0.717, 1.165) is 23.5 Å². The zero-order chi connectivity index (χ0) is 30.6. The number of fused-ring (bicyclic) bond motifs is 2. The second-order valence-electron chi connectivity index (χ2n) is 11.0. The SMILES string of the molecule is CN1C(=O)[C@]2(SC(=O)c3ccccc3)C[C@](C)(C#N)[C@H](c3ccc4c(c3)OCO4)N2C(=O)[C@]1(C)SC(=O)c1ccccc1. The van der Waals surface area contributed by atoms with E-state index in [2.05, 4.69) is 6.07 Å². The molecule has 0 radical (unpaired) electrons. The molecule has 0 spiro atoms. The smallest absolute Gasteiger partial charge is 0.261 e. The lowest BCUT2D eigenvalue weighted by molar-refractivity contribution is -0.163. The second-order valence-corrected chi connectivity index (χ2v) is 13.7. The minimum absolute atomic E-state index is 0.0343. The Morgan fingerprint density at radius 2 is 1.44 bits per heavy atom. The molecule has 6 rings (SSSR count). The summed E-state index contributed by atoms with van der Waals surface area (Å²) < 4.78 is 11.1. The van der Waals surface area contributed by atoms with Crippen LogP contribution in [0.4, 0.5) is 0 Å². The van der Waals surface area contributed by atoms with Crippen molar-refractivity contribution in [3.8, 4) is 17.6 Å². The molecular formula is C32H27N3O6S2. The summed E-state index contributed by atoms with van der Waals surface area (Å²) in [4.78, 5) is 55.8. The summed E-state index contributed by atoms with van der Waals surface area (Å²) in [5.74, 6) is -0.122. The van der Waals surface area contributed by atoms with Crippen LogP contribution in [-0.4, -0.2) is 55.4 Å². The average molecular weight is 614 g/mol. The molecule has 3 aliphatic heterocycles. The van der Waals surface area contributed by atoms with Gasteiger partial charge in [0.1, 0.15) is 0 Å². The number of hydrogen-bond donors (Lipinski definition) is 0. The van der Waals surface area contributed by atoms with Crippen LogP contribution in [0.1, 0.15) is 52.6 Å². The Morgan fingerprint density at radius 3 is 2.05 bits per heavy atom. The summed E-state index contributed by atoms with van der Waals surface area (Å²) >= 11 is 1.48. The summed E-state index contributed by atoms with van der Waals surface area (Å²) in [6.45, 7) is 3.26. The molecule has 2 amide bonds. The van der Waals surface area contributed by atoms with E-state index in [9.17, 15) is 24.4 Å². The topological polar surface area (TPSA) is 117 Å². The Hall–Kier alpha value is -4.27. The van der Waals surface area contributed by atoms with Gasteiger partial charge in [-0.2, -0.15) is 5.26 Å². The van der Waals surface area contributed by atoms with Crippen LogP contribution in [0, 0.1) is 16.7 Å². The molecule has 2 fully saturated rings. The molecule has 9 nitrogen and oxygen atoms in total. The monoisotopic (exact) mass is 613 g/mol. The molecule has 0 unspecified atom stereocenters. The van der Waals surface area contributed by atoms with Crippen LogP contribution in [0.5, 0.6) is 11.5 Å². The molecule has 0 bridgehead atoms. The molecule has 218 valence electrons. The fourth-order valence-electron chi connectivity index (χ4n) is 6.00. The molecule has 43 heavy (non-hydrogen) atoms. The number of nitriles is 1. The van der Waals surface area contributed by atoms with Crippen molar-refractivity contribution in [2.24, 2.45) is 5.41 Å². The Labute approximate surface area is 257 Å². The van der Waals surface area contributed by atoms with E-state index in [1.54, 1.807) is 85.8 Å². The third-order valence-electron chi connectivity index (χ3n) is 8.29. The first-order valence-electron chi connectivity index (χ1n) is 13.5. The molecular weight excluding hydrogens is 587 g/mol. The number of amides is 2. The minimum atomic E-state index is -1.75. The van der Waals surface area contributed by atoms with E-state index in [0.29, 0.717) is 28.2 Å². The first-order valence-corrected chi connectivity index (χ1v) is 15.2. The number of rotatable bonds is 5. The largest absolute Gasteiger partial charge is 0.454 e. The normalized spacial score (nSPS) is 27.5. The molecule has 0 saturated carbocycles. The van der Waals surface area contributed by atoms with Crippen molar-refractivity contribution in [3.63, 3.8) is 0 Å². The van der Waals surface area contributed by atoms with Gasteiger partial charge < -0.3 is 19.3 Å². The summed E-state index contributed by atoms with van der Waals surface area (Å²) in [5.41, 5.74) is -0.000821. The number of thioether (sulfide) groups is 2. The van der Waals surface area contributed by atoms with Gasteiger partial charge in [-0.3, -0.25) is 19.2 Å². The number of nitrogens with zero attached hydrogens (tertiary/aromatic N) is 3. The van der Waals surface area contributed by atoms with Gasteiger partial charge in [-0.15, -0.1) is 0 Å². The molecule has 3 heterocycles. The molecule has 3 aliphatic rings. The van der Waals surface area contributed by atoms with Crippen LogP contribution in [0.2, 0.25) is 0 Å². The minimum Gasteiger partial charge on any atom is -0.454 e. The van der Waals surface area contributed by atoms with Crippen LogP contribution in [-0.2, 0) is 9.59 Å². The maximum Gasteiger partial charge on any atom is 0.261 e. The standard InChI is InChI=1S/C32H27N3O6S2/c1-30(18-33)17-32(43-27(37)21-12-8-5-9-13-21)29(39)34(3)31(2,42-26(36)20-10-6-4-7-11-20)28(38)35(32)25(30)22-14-15-23-24(16-22)41-19-40-23/h4-16,25H,17,19H2,1-3H3/t25-,30+,31-,32+/m0/s1. The third-order valence-corrected chi connectivity index (χ3v) is 10.8. The highest BCUT2D eigenvalue weighted by atomic mass is 32.2. The van der Waals surface area contributed by atoms with E-state index in [1.807, 2.05) is 0 Å². The molecule has 0 N–H and O–H groups in total. The van der Waals surface area contributed by atoms with Gasteiger partial charge >= 0.3 is 0 Å². The molecule has 3 aromatic rings. The van der Waals surface area contributed by atoms with Gasteiger partial charge in [0.25, 0.3) is 11.8 Å². The molecule has 2 saturated heterocycles. The number of benzene rings is 3. The Bertz CT molecular complexity index is 1700. The number of hydrogen-bond acceptors (Lipinski definition) is 9. The van der Waals surface area contributed by atoms with Gasteiger partial charge in [-0.1, -0.05) is 66.7 Å². The number of likely N-dealkylation sites (N-methyl/N-ethyl adjacent to an activating group) is 1. The van der Waals surface area contributed by atoms with E-state index in [1.165, 1.54) is 23.8 Å². The van der Waals surface area contributed by atoms with E-state index >= 15 is 0 Å². The van der Waals surface area contributed by atoms with Crippen molar-refractivity contribution in [1.29, 1.82) is 5.26 Å². The summed E-state index contributed by atoms with van der Waals surface area (Å²) in [7, 11) is 1.47. The highest BCUT2D eigenvalue weighted by Gasteiger charge is 2.72. The van der Waals surface area contributed by atoms with Crippen molar-refractivity contribution in [2.45, 2.75) is 36.1 Å². The Kier molecular flexibility index (Phi) is 7.02. The van der Waals surface area contributed by atoms with Crippen LogP contribution in [0.25, 0.3) is 0 Å². The number of carbonyl (C=O) groups is 4. The first kappa shape index (κ1) is 28.8.